The molecular weight excluding hydrogens is 409 g/mol. The maximum absolute atomic E-state index is 15.1. The maximum Gasteiger partial charge on any atom is 0.269 e. The zero-order valence-corrected chi connectivity index (χ0v) is 16.9. The van der Waals surface area contributed by atoms with Gasteiger partial charge < -0.3 is 20.8 Å². The zero-order valence-electron chi connectivity index (χ0n) is 16.1. The molecule has 7 nitrogen and oxygen atoms in total. The van der Waals surface area contributed by atoms with Gasteiger partial charge in [0.05, 0.1) is 21.9 Å². The molecule has 0 saturated heterocycles. The average molecular weight is 428 g/mol. The van der Waals surface area contributed by atoms with Gasteiger partial charge in [-0.15, -0.1) is 0 Å². The number of carbonyl (C=O) groups excluding carboxylic acids is 1. The van der Waals surface area contributed by atoms with Gasteiger partial charge in [0.2, 0.25) is 0 Å². The number of fused-ring (bicyclic) bond motifs is 2. The minimum absolute atomic E-state index is 0.0601. The number of hydrogen-bond acceptors (Lipinski definition) is 6. The first kappa shape index (κ1) is 20.2. The topological polar surface area (TPSA) is 100.0 Å². The second-order valence-corrected chi connectivity index (χ2v) is 7.32. The third kappa shape index (κ3) is 3.83. The van der Waals surface area contributed by atoms with E-state index < -0.39 is 11.9 Å². The van der Waals surface area contributed by atoms with E-state index in [9.17, 15) is 4.79 Å². The number of nitrogens with one attached hydrogen (secondary N) is 3. The van der Waals surface area contributed by atoms with Crippen LogP contribution in [0.15, 0.2) is 36.5 Å². The number of halogens is 2. The molecule has 1 atom stereocenters. The van der Waals surface area contributed by atoms with Crippen molar-refractivity contribution in [2.45, 2.75) is 19.4 Å². The number of pyridine rings is 2. The lowest BCUT2D eigenvalue weighted by Gasteiger charge is -2.23. The Morgan fingerprint density at radius 3 is 2.93 bits per heavy atom. The van der Waals surface area contributed by atoms with Crippen LogP contribution in [0.5, 0.6) is 0 Å². The lowest BCUT2D eigenvalue weighted by Crippen LogP contribution is -2.27. The van der Waals surface area contributed by atoms with Crippen LogP contribution in [-0.4, -0.2) is 34.7 Å². The number of benzene rings is 1. The molecule has 0 aliphatic carbocycles. The second-order valence-electron chi connectivity index (χ2n) is 6.92. The van der Waals surface area contributed by atoms with Crippen molar-refractivity contribution in [1.82, 2.24) is 15.3 Å². The monoisotopic (exact) mass is 427 g/mol. The Kier molecular flexibility index (Phi) is 5.61. The predicted octanol–water partition coefficient (Wildman–Crippen LogP) is 4.40. The Morgan fingerprint density at radius 2 is 2.13 bits per heavy atom. The molecule has 4 rings (SSSR count). The van der Waals surface area contributed by atoms with Crippen LogP contribution >= 0.6 is 11.6 Å². The fraction of sp³-hybridized carbons (Fsp3) is 0.238. The van der Waals surface area contributed by atoms with Crippen LogP contribution in [0.3, 0.4) is 0 Å². The molecule has 1 aliphatic rings. The van der Waals surface area contributed by atoms with Crippen molar-refractivity contribution in [2.24, 2.45) is 0 Å². The molecule has 2 bridgehead atoms. The number of aromatic nitrogens is 2. The van der Waals surface area contributed by atoms with Crippen LogP contribution in [0.4, 0.5) is 15.8 Å². The quantitative estimate of drug-likeness (QED) is 0.500. The molecule has 1 amide bonds. The Bertz CT molecular complexity index is 1150. The van der Waals surface area contributed by atoms with Gasteiger partial charge in [-0.25, -0.2) is 9.37 Å². The van der Waals surface area contributed by atoms with Gasteiger partial charge in [-0.3, -0.25) is 9.78 Å². The number of anilines is 2. The fourth-order valence-corrected chi connectivity index (χ4v) is 3.47. The van der Waals surface area contributed by atoms with Gasteiger partial charge in [0.15, 0.2) is 5.82 Å². The van der Waals surface area contributed by atoms with E-state index in [0.29, 0.717) is 35.2 Å². The minimum Gasteiger partial charge on any atom is -0.367 e. The number of rotatable bonds is 1. The van der Waals surface area contributed by atoms with Gasteiger partial charge in [0, 0.05) is 30.6 Å². The number of ether oxygens (including phenoxy) is 1. The van der Waals surface area contributed by atoms with Crippen molar-refractivity contribution >= 4 is 45.6 Å². The second kappa shape index (κ2) is 8.33. The number of carbonyl (C=O) groups is 1. The summed E-state index contributed by atoms with van der Waals surface area (Å²) in [6.45, 7) is 2.25. The summed E-state index contributed by atoms with van der Waals surface area (Å²) in [6, 6.07) is 8.02. The van der Waals surface area contributed by atoms with Crippen LogP contribution < -0.4 is 10.6 Å². The normalized spacial score (nSPS) is 17.0. The van der Waals surface area contributed by atoms with Crippen LogP contribution in [-0.2, 0) is 4.74 Å². The van der Waals surface area contributed by atoms with E-state index in [-0.39, 0.29) is 34.6 Å². The summed E-state index contributed by atoms with van der Waals surface area (Å²) in [4.78, 5) is 21.1. The predicted molar refractivity (Wildman–Crippen MR) is 113 cm³/mol. The van der Waals surface area contributed by atoms with E-state index in [1.54, 1.807) is 37.4 Å². The third-order valence-electron chi connectivity index (χ3n) is 4.77. The average Bonchev–Trinajstić information content (AvgIpc) is 2.73. The van der Waals surface area contributed by atoms with Crippen LogP contribution in [0.25, 0.3) is 11.0 Å². The van der Waals surface area contributed by atoms with E-state index in [0.717, 1.165) is 0 Å². The van der Waals surface area contributed by atoms with Gasteiger partial charge in [-0.1, -0.05) is 17.7 Å². The summed E-state index contributed by atoms with van der Waals surface area (Å²) in [5.74, 6) is -0.979. The van der Waals surface area contributed by atoms with Crippen molar-refractivity contribution in [2.75, 3.05) is 18.5 Å². The van der Waals surface area contributed by atoms with E-state index >= 15 is 4.39 Å². The fourth-order valence-electron chi connectivity index (χ4n) is 3.31. The van der Waals surface area contributed by atoms with Gasteiger partial charge in [-0.05, 0) is 37.6 Å². The lowest BCUT2D eigenvalue weighted by molar-refractivity contribution is 0.0885. The molecule has 30 heavy (non-hydrogen) atoms. The first-order valence-corrected chi connectivity index (χ1v) is 9.79. The van der Waals surface area contributed by atoms with Crippen LogP contribution in [0.1, 0.15) is 35.5 Å². The summed E-state index contributed by atoms with van der Waals surface area (Å²) in [5, 5.41) is 13.9. The van der Waals surface area contributed by atoms with E-state index in [4.69, 9.17) is 21.7 Å². The highest BCUT2D eigenvalue weighted by atomic mass is 35.5. The summed E-state index contributed by atoms with van der Waals surface area (Å²) < 4.78 is 21.0. The number of nitrogens with zero attached hydrogens (tertiary/aromatic N) is 2. The highest BCUT2D eigenvalue weighted by molar-refractivity contribution is 6.31. The zero-order chi connectivity index (χ0) is 21.3. The highest BCUT2D eigenvalue weighted by Gasteiger charge is 2.24. The van der Waals surface area contributed by atoms with Crippen molar-refractivity contribution in [1.29, 1.82) is 5.41 Å². The number of hydrogen-bond donors (Lipinski definition) is 3. The summed E-state index contributed by atoms with van der Waals surface area (Å²) >= 11 is 6.04. The molecule has 0 radical (unpaired) electrons. The SMILES string of the molecule is CC(=N)[C@H]1OCCCNC(=O)c2ccc3nccc(c3n2)Nc2c1ccc(Cl)c2F. The van der Waals surface area contributed by atoms with E-state index in [1.165, 1.54) is 6.07 Å². The van der Waals surface area contributed by atoms with Crippen molar-refractivity contribution < 1.29 is 13.9 Å². The van der Waals surface area contributed by atoms with Gasteiger partial charge in [-0.2, -0.15) is 0 Å². The van der Waals surface area contributed by atoms with Crippen molar-refractivity contribution in [3.05, 3.63) is 58.6 Å². The lowest BCUT2D eigenvalue weighted by atomic mass is 10.0. The first-order chi connectivity index (χ1) is 14.5. The molecule has 0 fully saturated rings. The summed E-state index contributed by atoms with van der Waals surface area (Å²) in [7, 11) is 0. The van der Waals surface area contributed by atoms with E-state index in [2.05, 4.69) is 20.6 Å². The molecule has 0 spiro atoms. The Morgan fingerprint density at radius 1 is 1.30 bits per heavy atom. The van der Waals surface area contributed by atoms with Crippen LogP contribution in [0.2, 0.25) is 5.02 Å². The largest absolute Gasteiger partial charge is 0.367 e. The Hall–Kier alpha value is -3.10. The molecule has 9 heteroatoms. The van der Waals surface area contributed by atoms with Crippen molar-refractivity contribution in [3.8, 4) is 0 Å². The van der Waals surface area contributed by atoms with Crippen molar-refractivity contribution in [3.63, 3.8) is 0 Å². The third-order valence-corrected chi connectivity index (χ3v) is 5.06. The smallest absolute Gasteiger partial charge is 0.269 e. The molecule has 3 heterocycles. The minimum atomic E-state index is -0.769. The van der Waals surface area contributed by atoms with Gasteiger partial charge in [0.25, 0.3) is 5.91 Å². The number of amides is 1. The summed E-state index contributed by atoms with van der Waals surface area (Å²) in [6.07, 6.45) is 1.32. The molecule has 154 valence electrons. The molecule has 3 aromatic rings. The molecule has 1 aromatic carbocycles. The Balaban J connectivity index is 1.93. The molecular formula is C21H19ClFN5O2. The molecule has 0 saturated carbocycles. The molecule has 1 aliphatic heterocycles. The molecule has 2 aromatic heterocycles. The molecule has 0 unspecified atom stereocenters. The first-order valence-electron chi connectivity index (χ1n) is 9.41. The molecule has 3 N–H and O–H groups in total. The summed E-state index contributed by atoms with van der Waals surface area (Å²) in [5.41, 5.74) is 2.41. The van der Waals surface area contributed by atoms with Gasteiger partial charge in [0.1, 0.15) is 17.3 Å². The maximum atomic E-state index is 15.1. The van der Waals surface area contributed by atoms with E-state index in [1.807, 2.05) is 0 Å². The standard InChI is InChI=1S/C21H19ClFN5O2/c1-11(24)20-12-3-4-13(22)17(23)18(12)27-15-7-9-25-14-5-6-16(28-19(14)15)21(29)26-8-2-10-30-20/h3-7,9,20,24,27H,2,8,10H2,1H3,(H,26,29)/t20-/m1/s1. The highest BCUT2D eigenvalue weighted by Crippen LogP contribution is 2.36. The Labute approximate surface area is 177 Å². The van der Waals surface area contributed by atoms with Crippen LogP contribution in [0, 0.1) is 11.2 Å². The van der Waals surface area contributed by atoms with Gasteiger partial charge >= 0.3 is 0 Å².